The van der Waals surface area contributed by atoms with E-state index in [0.717, 1.165) is 5.56 Å². The van der Waals surface area contributed by atoms with Gasteiger partial charge in [-0.2, -0.15) is 5.26 Å². The number of benzene rings is 1. The smallest absolute Gasteiger partial charge is 0.227 e. The fourth-order valence-electron chi connectivity index (χ4n) is 1.88. The molecule has 108 valence electrons. The van der Waals surface area contributed by atoms with Crippen LogP contribution in [-0.4, -0.2) is 23.9 Å². The fraction of sp³-hybridized carbons (Fsp3) is 0.467. The summed E-state index contributed by atoms with van der Waals surface area (Å²) in [5.74, 6) is 0.374. The lowest BCUT2D eigenvalue weighted by Gasteiger charge is -2.23. The summed E-state index contributed by atoms with van der Waals surface area (Å²) < 4.78 is 0. The maximum Gasteiger partial charge on any atom is 0.227 e. The minimum atomic E-state index is 0.00680. The molecule has 0 atom stereocenters. The van der Waals surface area contributed by atoms with E-state index in [9.17, 15) is 4.79 Å². The van der Waals surface area contributed by atoms with E-state index in [1.165, 1.54) is 0 Å². The van der Waals surface area contributed by atoms with Gasteiger partial charge in [-0.05, 0) is 23.6 Å². The molecule has 0 aromatic heterocycles. The van der Waals surface area contributed by atoms with Crippen molar-refractivity contribution in [3.05, 3.63) is 33.8 Å². The van der Waals surface area contributed by atoms with Crippen LogP contribution in [0.2, 0.25) is 10.0 Å². The zero-order chi connectivity index (χ0) is 15.1. The van der Waals surface area contributed by atoms with E-state index in [1.54, 1.807) is 23.1 Å². The van der Waals surface area contributed by atoms with Gasteiger partial charge in [0.25, 0.3) is 0 Å². The first kappa shape index (κ1) is 16.8. The molecule has 0 fully saturated rings. The van der Waals surface area contributed by atoms with Crippen LogP contribution in [0.5, 0.6) is 0 Å². The molecule has 0 saturated carbocycles. The zero-order valence-electron chi connectivity index (χ0n) is 11.7. The van der Waals surface area contributed by atoms with Crippen LogP contribution in [0, 0.1) is 17.2 Å². The molecule has 0 heterocycles. The Morgan fingerprint density at radius 1 is 1.35 bits per heavy atom. The largest absolute Gasteiger partial charge is 0.341 e. The molecule has 0 aliphatic carbocycles. The SMILES string of the molecule is CC(C)CN(CCC#N)C(=O)Cc1ccc(Cl)c(Cl)c1. The molecule has 1 amide bonds. The van der Waals surface area contributed by atoms with Gasteiger partial charge in [0.15, 0.2) is 0 Å². The minimum absolute atomic E-state index is 0.00680. The van der Waals surface area contributed by atoms with Gasteiger partial charge in [-0.1, -0.05) is 43.1 Å². The van der Waals surface area contributed by atoms with Crippen molar-refractivity contribution in [3.8, 4) is 6.07 Å². The number of amides is 1. The second kappa shape index (κ2) is 8.14. The summed E-state index contributed by atoms with van der Waals surface area (Å²) in [4.78, 5) is 14.0. The fourth-order valence-corrected chi connectivity index (χ4v) is 2.20. The molecule has 5 heteroatoms. The number of rotatable bonds is 6. The van der Waals surface area contributed by atoms with Gasteiger partial charge in [0.2, 0.25) is 5.91 Å². The number of nitrogens with zero attached hydrogens (tertiary/aromatic N) is 2. The third-order valence-corrected chi connectivity index (χ3v) is 3.51. The first-order valence-electron chi connectivity index (χ1n) is 6.52. The summed E-state index contributed by atoms with van der Waals surface area (Å²) in [5, 5.41) is 9.59. The number of hydrogen-bond donors (Lipinski definition) is 0. The Labute approximate surface area is 130 Å². The van der Waals surface area contributed by atoms with Gasteiger partial charge in [-0.3, -0.25) is 4.79 Å². The zero-order valence-corrected chi connectivity index (χ0v) is 13.2. The molecule has 1 aromatic carbocycles. The van der Waals surface area contributed by atoms with Crippen LogP contribution in [0.3, 0.4) is 0 Å². The molecule has 0 radical (unpaired) electrons. The lowest BCUT2D eigenvalue weighted by Crippen LogP contribution is -2.36. The van der Waals surface area contributed by atoms with Crippen LogP contribution in [0.25, 0.3) is 0 Å². The number of nitriles is 1. The summed E-state index contributed by atoms with van der Waals surface area (Å²) in [7, 11) is 0. The number of hydrogen-bond acceptors (Lipinski definition) is 2. The second-order valence-corrected chi connectivity index (χ2v) is 5.88. The van der Waals surface area contributed by atoms with Gasteiger partial charge in [0.05, 0.1) is 29.0 Å². The average molecular weight is 313 g/mol. The number of halogens is 2. The molecule has 0 N–H and O–H groups in total. The predicted octanol–water partition coefficient (Wildman–Crippen LogP) is 3.93. The van der Waals surface area contributed by atoms with E-state index in [2.05, 4.69) is 6.07 Å². The number of carbonyl (C=O) groups excluding carboxylic acids is 1. The lowest BCUT2D eigenvalue weighted by atomic mass is 10.1. The van der Waals surface area contributed by atoms with Crippen molar-refractivity contribution in [1.29, 1.82) is 5.26 Å². The maximum atomic E-state index is 12.3. The molecule has 0 aliphatic rings. The van der Waals surface area contributed by atoms with Crippen LogP contribution < -0.4 is 0 Å². The first-order valence-corrected chi connectivity index (χ1v) is 7.28. The topological polar surface area (TPSA) is 44.1 Å². The molecule has 0 unspecified atom stereocenters. The Hall–Kier alpha value is -1.24. The van der Waals surface area contributed by atoms with E-state index >= 15 is 0 Å². The highest BCUT2D eigenvalue weighted by molar-refractivity contribution is 6.42. The Morgan fingerprint density at radius 2 is 2.05 bits per heavy atom. The molecule has 0 saturated heterocycles. The van der Waals surface area contributed by atoms with E-state index in [4.69, 9.17) is 28.5 Å². The van der Waals surface area contributed by atoms with Crippen LogP contribution in [0.15, 0.2) is 18.2 Å². The highest BCUT2D eigenvalue weighted by Crippen LogP contribution is 2.23. The molecule has 1 aromatic rings. The number of carbonyl (C=O) groups is 1. The van der Waals surface area contributed by atoms with Crippen molar-refractivity contribution in [2.45, 2.75) is 26.7 Å². The first-order chi connectivity index (χ1) is 9.43. The van der Waals surface area contributed by atoms with Crippen molar-refractivity contribution in [2.75, 3.05) is 13.1 Å². The standard InChI is InChI=1S/C15H18Cl2N2O/c1-11(2)10-19(7-3-6-18)15(20)9-12-4-5-13(16)14(17)8-12/h4-5,8,11H,3,7,9-10H2,1-2H3. The summed E-state index contributed by atoms with van der Waals surface area (Å²) in [6.45, 7) is 5.22. The molecule has 1 rings (SSSR count). The van der Waals surface area contributed by atoms with Crippen LogP contribution in [-0.2, 0) is 11.2 Å². The van der Waals surface area contributed by atoms with Crippen molar-refractivity contribution in [3.63, 3.8) is 0 Å². The second-order valence-electron chi connectivity index (χ2n) is 5.07. The molecular weight excluding hydrogens is 295 g/mol. The van der Waals surface area contributed by atoms with Gasteiger partial charge < -0.3 is 4.90 Å². The van der Waals surface area contributed by atoms with Gasteiger partial charge in [0.1, 0.15) is 0 Å². The average Bonchev–Trinajstić information content (AvgIpc) is 2.38. The van der Waals surface area contributed by atoms with Crippen LogP contribution >= 0.6 is 23.2 Å². The maximum absolute atomic E-state index is 12.3. The van der Waals surface area contributed by atoms with Crippen LogP contribution in [0.1, 0.15) is 25.8 Å². The highest BCUT2D eigenvalue weighted by Gasteiger charge is 2.15. The Bertz CT molecular complexity index is 509. The normalized spacial score (nSPS) is 10.4. The van der Waals surface area contributed by atoms with Crippen molar-refractivity contribution in [1.82, 2.24) is 4.90 Å². The third-order valence-electron chi connectivity index (χ3n) is 2.77. The lowest BCUT2D eigenvalue weighted by molar-refractivity contribution is -0.130. The monoisotopic (exact) mass is 312 g/mol. The van der Waals surface area contributed by atoms with Gasteiger partial charge in [-0.25, -0.2) is 0 Å². The van der Waals surface area contributed by atoms with Crippen molar-refractivity contribution in [2.24, 2.45) is 5.92 Å². The third kappa shape index (κ3) is 5.40. The van der Waals surface area contributed by atoms with Crippen molar-refractivity contribution < 1.29 is 4.79 Å². The van der Waals surface area contributed by atoms with E-state index in [-0.39, 0.29) is 12.3 Å². The molecule has 0 spiro atoms. The summed E-state index contributed by atoms with van der Waals surface area (Å²) in [6.07, 6.45) is 0.620. The summed E-state index contributed by atoms with van der Waals surface area (Å²) >= 11 is 11.8. The van der Waals surface area contributed by atoms with Crippen molar-refractivity contribution >= 4 is 29.1 Å². The van der Waals surface area contributed by atoms with Gasteiger partial charge in [-0.15, -0.1) is 0 Å². The minimum Gasteiger partial charge on any atom is -0.341 e. The Kier molecular flexibility index (Phi) is 6.84. The van der Waals surface area contributed by atoms with Crippen LogP contribution in [0.4, 0.5) is 0 Å². The van der Waals surface area contributed by atoms with E-state index in [0.29, 0.717) is 35.5 Å². The molecular formula is C15H18Cl2N2O. The Balaban J connectivity index is 2.73. The van der Waals surface area contributed by atoms with Gasteiger partial charge in [0, 0.05) is 13.1 Å². The van der Waals surface area contributed by atoms with E-state index < -0.39 is 0 Å². The van der Waals surface area contributed by atoms with Gasteiger partial charge >= 0.3 is 0 Å². The van der Waals surface area contributed by atoms with E-state index in [1.807, 2.05) is 13.8 Å². The summed E-state index contributed by atoms with van der Waals surface area (Å²) in [5.41, 5.74) is 0.829. The molecule has 20 heavy (non-hydrogen) atoms. The summed E-state index contributed by atoms with van der Waals surface area (Å²) in [6, 6.07) is 7.27. The molecule has 0 bridgehead atoms. The molecule has 3 nitrogen and oxygen atoms in total. The predicted molar refractivity (Wildman–Crippen MR) is 81.8 cm³/mol. The highest BCUT2D eigenvalue weighted by atomic mass is 35.5. The Morgan fingerprint density at radius 3 is 2.60 bits per heavy atom. The quantitative estimate of drug-likeness (QED) is 0.798. The molecule has 0 aliphatic heterocycles.